The summed E-state index contributed by atoms with van der Waals surface area (Å²) in [5.41, 5.74) is 1.13. The molecule has 1 rings (SSSR count). The Labute approximate surface area is 82.4 Å². The second-order valence-corrected chi connectivity index (χ2v) is 3.24. The maximum atomic E-state index is 9.59. The molecule has 4 N–H and O–H groups in total. The van der Waals surface area contributed by atoms with E-state index in [-0.39, 0.29) is 0 Å². The minimum absolute atomic E-state index is 0.406. The van der Waals surface area contributed by atoms with Crippen LogP contribution in [0.4, 0.5) is 0 Å². The first kappa shape index (κ1) is 11.2. The van der Waals surface area contributed by atoms with Crippen LogP contribution < -0.4 is 0 Å². The number of nitrogens with one attached hydrogen (secondary N) is 1. The molecule has 0 aromatic carbocycles. The predicted octanol–water partition coefficient (Wildman–Crippen LogP) is -0.333. The van der Waals surface area contributed by atoms with Crippen LogP contribution in [0.15, 0.2) is 0 Å². The lowest BCUT2D eigenvalue weighted by Crippen LogP contribution is -2.23. The van der Waals surface area contributed by atoms with E-state index in [0.29, 0.717) is 5.69 Å². The Morgan fingerprint density at radius 3 is 2.50 bits per heavy atom. The van der Waals surface area contributed by atoms with Crippen LogP contribution in [0.25, 0.3) is 0 Å². The molecular weight excluding hydrogens is 184 g/mol. The quantitative estimate of drug-likeness (QED) is 0.535. The molecule has 0 saturated carbocycles. The van der Waals surface area contributed by atoms with Gasteiger partial charge in [0.05, 0.1) is 12.3 Å². The van der Waals surface area contributed by atoms with Gasteiger partial charge in [0.25, 0.3) is 0 Å². The second-order valence-electron chi connectivity index (χ2n) is 3.24. The zero-order chi connectivity index (χ0) is 10.7. The van der Waals surface area contributed by atoms with E-state index in [0.717, 1.165) is 17.9 Å². The Kier molecular flexibility index (Phi) is 3.62. The van der Waals surface area contributed by atoms with Gasteiger partial charge in [0, 0.05) is 12.1 Å². The number of rotatable bonds is 4. The van der Waals surface area contributed by atoms with E-state index in [1.54, 1.807) is 6.92 Å². The van der Waals surface area contributed by atoms with Crippen molar-refractivity contribution >= 4 is 0 Å². The molecule has 0 aliphatic carbocycles. The van der Waals surface area contributed by atoms with Crippen LogP contribution in [-0.4, -0.2) is 38.0 Å². The number of aliphatic hydroxyl groups excluding tert-OH is 3. The summed E-state index contributed by atoms with van der Waals surface area (Å²) in [5.74, 6) is 0.765. The lowest BCUT2D eigenvalue weighted by atomic mass is 10.1. The van der Waals surface area contributed by atoms with E-state index < -0.39 is 18.8 Å². The number of aryl methyl sites for hydroxylation is 2. The lowest BCUT2D eigenvalue weighted by molar-refractivity contribution is -0.0174. The van der Waals surface area contributed by atoms with Crippen LogP contribution in [0, 0.1) is 6.92 Å². The smallest absolute Gasteiger partial charge is 0.126 e. The summed E-state index contributed by atoms with van der Waals surface area (Å²) in [7, 11) is 0. The molecule has 2 unspecified atom stereocenters. The third-order valence-corrected chi connectivity index (χ3v) is 2.14. The highest BCUT2D eigenvalue weighted by Gasteiger charge is 2.22. The summed E-state index contributed by atoms with van der Waals surface area (Å²) >= 11 is 0. The predicted molar refractivity (Wildman–Crippen MR) is 50.8 cm³/mol. The first-order chi connectivity index (χ1) is 6.60. The normalized spacial score (nSPS) is 15.5. The molecule has 5 nitrogen and oxygen atoms in total. The van der Waals surface area contributed by atoms with E-state index >= 15 is 0 Å². The molecule has 1 heterocycles. The summed E-state index contributed by atoms with van der Waals surface area (Å²) in [6.45, 7) is 3.24. The van der Waals surface area contributed by atoms with Gasteiger partial charge in [-0.1, -0.05) is 6.92 Å². The van der Waals surface area contributed by atoms with Crippen molar-refractivity contribution in [1.82, 2.24) is 9.97 Å². The Bertz CT molecular complexity index is 298. The zero-order valence-corrected chi connectivity index (χ0v) is 8.36. The summed E-state index contributed by atoms with van der Waals surface area (Å²) in [6, 6.07) is 0. The highest BCUT2D eigenvalue weighted by Crippen LogP contribution is 2.18. The average Bonchev–Trinajstić information content (AvgIpc) is 2.57. The van der Waals surface area contributed by atoms with Crippen LogP contribution in [0.3, 0.4) is 0 Å². The van der Waals surface area contributed by atoms with Crippen molar-refractivity contribution < 1.29 is 15.3 Å². The van der Waals surface area contributed by atoms with Gasteiger partial charge in [0.2, 0.25) is 0 Å². The van der Waals surface area contributed by atoms with Gasteiger partial charge in [-0.15, -0.1) is 0 Å². The molecule has 1 aromatic heterocycles. The van der Waals surface area contributed by atoms with Gasteiger partial charge in [0.15, 0.2) is 0 Å². The fourth-order valence-electron chi connectivity index (χ4n) is 1.28. The van der Waals surface area contributed by atoms with Crippen LogP contribution >= 0.6 is 0 Å². The molecule has 0 fully saturated rings. The Morgan fingerprint density at radius 1 is 1.43 bits per heavy atom. The van der Waals surface area contributed by atoms with Crippen LogP contribution in [0.1, 0.15) is 30.2 Å². The zero-order valence-electron chi connectivity index (χ0n) is 8.36. The third kappa shape index (κ3) is 2.12. The molecule has 5 heteroatoms. The third-order valence-electron chi connectivity index (χ3n) is 2.14. The Hall–Kier alpha value is -0.910. The number of hydrogen-bond donors (Lipinski definition) is 4. The molecule has 14 heavy (non-hydrogen) atoms. The summed E-state index contributed by atoms with van der Waals surface area (Å²) < 4.78 is 0. The van der Waals surface area contributed by atoms with Gasteiger partial charge in [-0.05, 0) is 6.92 Å². The molecule has 0 aliphatic rings. The first-order valence-electron chi connectivity index (χ1n) is 4.62. The van der Waals surface area contributed by atoms with E-state index in [2.05, 4.69) is 9.97 Å². The summed E-state index contributed by atoms with van der Waals surface area (Å²) in [6.07, 6.45) is -1.57. The minimum Gasteiger partial charge on any atom is -0.394 e. The first-order valence-corrected chi connectivity index (χ1v) is 4.62. The summed E-state index contributed by atoms with van der Waals surface area (Å²) in [4.78, 5) is 7.11. The maximum Gasteiger partial charge on any atom is 0.126 e. The van der Waals surface area contributed by atoms with Crippen molar-refractivity contribution in [3.63, 3.8) is 0 Å². The van der Waals surface area contributed by atoms with Crippen LogP contribution in [0.5, 0.6) is 0 Å². The molecule has 0 amide bonds. The minimum atomic E-state index is -1.18. The molecule has 0 saturated heterocycles. The van der Waals surface area contributed by atoms with Gasteiger partial charge in [-0.3, -0.25) is 0 Å². The van der Waals surface area contributed by atoms with Gasteiger partial charge in [-0.25, -0.2) is 4.98 Å². The van der Waals surface area contributed by atoms with Crippen molar-refractivity contribution in [3.8, 4) is 0 Å². The monoisotopic (exact) mass is 200 g/mol. The van der Waals surface area contributed by atoms with Gasteiger partial charge < -0.3 is 20.3 Å². The Morgan fingerprint density at radius 2 is 2.07 bits per heavy atom. The van der Waals surface area contributed by atoms with Crippen LogP contribution in [-0.2, 0) is 6.42 Å². The largest absolute Gasteiger partial charge is 0.394 e. The van der Waals surface area contributed by atoms with Crippen LogP contribution in [0.2, 0.25) is 0 Å². The topological polar surface area (TPSA) is 89.4 Å². The Balaban J connectivity index is 2.88. The van der Waals surface area contributed by atoms with Gasteiger partial charge in [-0.2, -0.15) is 0 Å². The number of aromatic nitrogens is 2. The van der Waals surface area contributed by atoms with E-state index in [4.69, 9.17) is 5.11 Å². The number of imidazole rings is 1. The fourth-order valence-corrected chi connectivity index (χ4v) is 1.28. The fraction of sp³-hybridized carbons (Fsp3) is 0.667. The molecule has 2 atom stereocenters. The van der Waals surface area contributed by atoms with Crippen molar-refractivity contribution in [2.24, 2.45) is 0 Å². The number of nitrogens with zero attached hydrogens (tertiary/aromatic N) is 1. The molecule has 0 aliphatic heterocycles. The molecule has 0 bridgehead atoms. The number of aliphatic hydroxyl groups is 3. The lowest BCUT2D eigenvalue weighted by Gasteiger charge is -2.13. The number of aromatic amines is 1. The van der Waals surface area contributed by atoms with Gasteiger partial charge >= 0.3 is 0 Å². The SMILES string of the molecule is CCc1nc(C(O)C(O)CO)c(C)[nH]1. The molecule has 0 radical (unpaired) electrons. The number of hydrogen-bond acceptors (Lipinski definition) is 4. The standard InChI is InChI=1S/C9H16N2O3/c1-3-7-10-5(2)8(11-7)9(14)6(13)4-12/h6,9,12-14H,3-4H2,1-2H3,(H,10,11). The van der Waals surface area contributed by atoms with E-state index in [9.17, 15) is 10.2 Å². The van der Waals surface area contributed by atoms with Crippen molar-refractivity contribution in [3.05, 3.63) is 17.2 Å². The second kappa shape index (κ2) is 4.54. The molecule has 1 aromatic rings. The van der Waals surface area contributed by atoms with E-state index in [1.807, 2.05) is 6.92 Å². The highest BCUT2D eigenvalue weighted by molar-refractivity contribution is 5.16. The molecule has 0 spiro atoms. The number of H-pyrrole nitrogens is 1. The highest BCUT2D eigenvalue weighted by atomic mass is 16.4. The maximum absolute atomic E-state index is 9.59. The van der Waals surface area contributed by atoms with E-state index in [1.165, 1.54) is 0 Å². The van der Waals surface area contributed by atoms with Crippen molar-refractivity contribution in [2.45, 2.75) is 32.5 Å². The summed E-state index contributed by atoms with van der Waals surface area (Å²) in [5, 5.41) is 27.5. The van der Waals surface area contributed by atoms with Gasteiger partial charge in [0.1, 0.15) is 18.0 Å². The molecule has 80 valence electrons. The van der Waals surface area contributed by atoms with Crippen molar-refractivity contribution in [2.75, 3.05) is 6.61 Å². The van der Waals surface area contributed by atoms with Crippen molar-refractivity contribution in [1.29, 1.82) is 0 Å². The average molecular weight is 200 g/mol. The molecular formula is C9H16N2O3.